The van der Waals surface area contributed by atoms with Gasteiger partial charge in [0.1, 0.15) is 6.04 Å². The van der Waals surface area contributed by atoms with Gasteiger partial charge in [0.2, 0.25) is 11.8 Å². The van der Waals surface area contributed by atoms with E-state index in [1.54, 1.807) is 36.4 Å². The van der Waals surface area contributed by atoms with Gasteiger partial charge in [-0.2, -0.15) is 0 Å². The van der Waals surface area contributed by atoms with Crippen LogP contribution in [-0.4, -0.2) is 61.5 Å². The number of ether oxygens (including phenoxy) is 1. The fourth-order valence-corrected chi connectivity index (χ4v) is 4.35. The number of nitrogens with one attached hydrogen (secondary N) is 3. The summed E-state index contributed by atoms with van der Waals surface area (Å²) in [6.07, 6.45) is 0.361. The van der Waals surface area contributed by atoms with Crippen LogP contribution >= 0.6 is 11.3 Å². The minimum absolute atomic E-state index is 0.0945. The number of hydrogen-bond acceptors (Lipinski definition) is 6. The van der Waals surface area contributed by atoms with Crippen molar-refractivity contribution in [1.29, 1.82) is 0 Å². The van der Waals surface area contributed by atoms with Crippen LogP contribution in [0.15, 0.2) is 72.1 Å². The van der Waals surface area contributed by atoms with Gasteiger partial charge in [-0.3, -0.25) is 19.3 Å². The number of thiophene rings is 1. The van der Waals surface area contributed by atoms with Crippen LogP contribution < -0.4 is 16.0 Å². The van der Waals surface area contributed by atoms with Crippen molar-refractivity contribution in [1.82, 2.24) is 10.2 Å². The van der Waals surface area contributed by atoms with Gasteiger partial charge in [-0.05, 0) is 41.3 Å². The summed E-state index contributed by atoms with van der Waals surface area (Å²) >= 11 is 1.32. The van der Waals surface area contributed by atoms with Crippen LogP contribution in [0.2, 0.25) is 0 Å². The molecule has 3 aromatic rings. The second-order valence-electron chi connectivity index (χ2n) is 8.20. The van der Waals surface area contributed by atoms with Crippen molar-refractivity contribution in [3.63, 3.8) is 0 Å². The van der Waals surface area contributed by atoms with E-state index in [1.807, 2.05) is 40.6 Å². The lowest BCUT2D eigenvalue weighted by Gasteiger charge is -2.25. The molecule has 1 fully saturated rings. The van der Waals surface area contributed by atoms with Crippen molar-refractivity contribution in [3.8, 4) is 0 Å². The van der Waals surface area contributed by atoms with Gasteiger partial charge in [0, 0.05) is 30.9 Å². The van der Waals surface area contributed by atoms with E-state index in [4.69, 9.17) is 4.74 Å². The third-order valence-electron chi connectivity index (χ3n) is 5.56. The molecule has 182 valence electrons. The molecule has 3 amide bonds. The number of benzene rings is 2. The van der Waals surface area contributed by atoms with Gasteiger partial charge in [0.25, 0.3) is 5.91 Å². The molecule has 1 atom stereocenters. The van der Waals surface area contributed by atoms with Gasteiger partial charge in [0.05, 0.1) is 24.6 Å². The third-order valence-corrected chi connectivity index (χ3v) is 6.43. The zero-order valence-electron chi connectivity index (χ0n) is 19.2. The number of nitrogens with zero attached hydrogens (tertiary/aromatic N) is 1. The molecule has 2 heterocycles. The molecule has 1 saturated heterocycles. The first kappa shape index (κ1) is 24.6. The molecule has 2 aromatic carbocycles. The number of rotatable bonds is 9. The molecule has 1 aromatic heterocycles. The summed E-state index contributed by atoms with van der Waals surface area (Å²) in [5, 5.41) is 10.4. The summed E-state index contributed by atoms with van der Waals surface area (Å²) in [4.78, 5) is 40.6. The van der Waals surface area contributed by atoms with Crippen LogP contribution in [0.1, 0.15) is 15.2 Å². The molecule has 9 heteroatoms. The van der Waals surface area contributed by atoms with Gasteiger partial charge in [-0.25, -0.2) is 0 Å². The summed E-state index contributed by atoms with van der Waals surface area (Å²) in [6.45, 7) is 3.07. The van der Waals surface area contributed by atoms with E-state index in [0.29, 0.717) is 42.4 Å². The highest BCUT2D eigenvalue weighted by molar-refractivity contribution is 7.12. The Hall–Kier alpha value is -3.53. The van der Waals surface area contributed by atoms with Crippen LogP contribution in [0.5, 0.6) is 0 Å². The molecule has 0 aliphatic carbocycles. The van der Waals surface area contributed by atoms with Crippen molar-refractivity contribution >= 4 is 40.4 Å². The van der Waals surface area contributed by atoms with E-state index >= 15 is 0 Å². The minimum Gasteiger partial charge on any atom is -0.379 e. The molecule has 0 bridgehead atoms. The van der Waals surface area contributed by atoms with E-state index in [1.165, 1.54) is 11.3 Å². The second kappa shape index (κ2) is 12.3. The van der Waals surface area contributed by atoms with Crippen molar-refractivity contribution < 1.29 is 19.1 Å². The Bertz CT molecular complexity index is 1110. The molecule has 0 spiro atoms. The number of carbonyl (C=O) groups is 3. The highest BCUT2D eigenvalue weighted by atomic mass is 32.1. The van der Waals surface area contributed by atoms with Crippen molar-refractivity contribution in [2.75, 3.05) is 43.5 Å². The molecule has 8 nitrogen and oxygen atoms in total. The molecule has 0 saturated carbocycles. The number of morpholine rings is 1. The Labute approximate surface area is 208 Å². The van der Waals surface area contributed by atoms with Gasteiger partial charge >= 0.3 is 0 Å². The number of hydrogen-bond donors (Lipinski definition) is 3. The summed E-state index contributed by atoms with van der Waals surface area (Å²) in [5.74, 6) is -0.694. The van der Waals surface area contributed by atoms with Crippen LogP contribution in [-0.2, 0) is 20.7 Å². The quantitative estimate of drug-likeness (QED) is 0.427. The maximum absolute atomic E-state index is 13.1. The summed E-state index contributed by atoms with van der Waals surface area (Å²) < 4.78 is 5.30. The summed E-state index contributed by atoms with van der Waals surface area (Å²) in [5.41, 5.74) is 2.16. The summed E-state index contributed by atoms with van der Waals surface area (Å²) in [7, 11) is 0. The predicted octanol–water partition coefficient (Wildman–Crippen LogP) is 3.00. The maximum Gasteiger partial charge on any atom is 0.262 e. The third kappa shape index (κ3) is 7.48. The smallest absolute Gasteiger partial charge is 0.262 e. The Morgan fingerprint density at radius 2 is 1.57 bits per heavy atom. The number of anilines is 2. The Morgan fingerprint density at radius 1 is 0.886 bits per heavy atom. The van der Waals surface area contributed by atoms with E-state index < -0.39 is 6.04 Å². The van der Waals surface area contributed by atoms with E-state index in [2.05, 4.69) is 16.0 Å². The first-order valence-electron chi connectivity index (χ1n) is 11.5. The number of carbonyl (C=O) groups excluding carboxylic acids is 3. The molecule has 4 rings (SSSR count). The van der Waals surface area contributed by atoms with Crippen molar-refractivity contribution in [2.45, 2.75) is 12.5 Å². The zero-order valence-corrected chi connectivity index (χ0v) is 20.1. The second-order valence-corrected chi connectivity index (χ2v) is 9.14. The van der Waals surface area contributed by atoms with Gasteiger partial charge in [-0.15, -0.1) is 11.3 Å². The van der Waals surface area contributed by atoms with Crippen molar-refractivity contribution in [3.05, 3.63) is 82.6 Å². The van der Waals surface area contributed by atoms with Gasteiger partial charge in [-0.1, -0.05) is 36.4 Å². The highest BCUT2D eigenvalue weighted by Crippen LogP contribution is 2.16. The topological polar surface area (TPSA) is 99.8 Å². The van der Waals surface area contributed by atoms with Crippen molar-refractivity contribution in [2.24, 2.45) is 0 Å². The molecule has 0 radical (unpaired) electrons. The molecule has 3 N–H and O–H groups in total. The fraction of sp³-hybridized carbons (Fsp3) is 0.269. The first-order valence-corrected chi connectivity index (χ1v) is 12.3. The first-order chi connectivity index (χ1) is 17.1. The molecule has 1 aliphatic rings. The Balaban J connectivity index is 1.36. The molecule has 1 aliphatic heterocycles. The normalized spacial score (nSPS) is 14.6. The predicted molar refractivity (Wildman–Crippen MR) is 137 cm³/mol. The lowest BCUT2D eigenvalue weighted by molar-refractivity contribution is -0.118. The average molecular weight is 493 g/mol. The Kier molecular flexibility index (Phi) is 8.61. The monoisotopic (exact) mass is 492 g/mol. The minimum atomic E-state index is -0.750. The largest absolute Gasteiger partial charge is 0.379 e. The van der Waals surface area contributed by atoms with Crippen LogP contribution in [0.4, 0.5) is 11.4 Å². The molecular formula is C26H28N4O4S. The SMILES string of the molecule is O=C(CN1CCOCC1)Nc1ccc(NC(=O)[C@H](Cc2ccccc2)NC(=O)c2cccs2)cc1. The van der Waals surface area contributed by atoms with E-state index in [-0.39, 0.29) is 17.7 Å². The fourth-order valence-electron chi connectivity index (χ4n) is 3.73. The molecule has 0 unspecified atom stereocenters. The standard InChI is InChI=1S/C26H28N4O4S/c31-24(18-30-12-14-34-15-13-30)27-20-8-10-21(11-9-20)28-25(32)22(17-19-5-2-1-3-6-19)29-26(33)23-7-4-16-35-23/h1-11,16,22H,12-15,17-18H2,(H,27,31)(H,28,32)(H,29,33)/t22-/m0/s1. The van der Waals surface area contributed by atoms with Gasteiger partial charge in [0.15, 0.2) is 0 Å². The summed E-state index contributed by atoms with van der Waals surface area (Å²) in [6, 6.07) is 19.3. The number of amides is 3. The zero-order chi connectivity index (χ0) is 24.5. The van der Waals surface area contributed by atoms with Crippen LogP contribution in [0.3, 0.4) is 0 Å². The molecule has 35 heavy (non-hydrogen) atoms. The lowest BCUT2D eigenvalue weighted by atomic mass is 10.0. The Morgan fingerprint density at radius 3 is 2.23 bits per heavy atom. The van der Waals surface area contributed by atoms with Gasteiger partial charge < -0.3 is 20.7 Å². The lowest BCUT2D eigenvalue weighted by Crippen LogP contribution is -2.45. The van der Waals surface area contributed by atoms with Crippen LogP contribution in [0.25, 0.3) is 0 Å². The maximum atomic E-state index is 13.1. The average Bonchev–Trinajstić information content (AvgIpc) is 3.41. The van der Waals surface area contributed by atoms with E-state index in [0.717, 1.165) is 18.7 Å². The molecular weight excluding hydrogens is 464 g/mol. The van der Waals surface area contributed by atoms with E-state index in [9.17, 15) is 14.4 Å². The highest BCUT2D eigenvalue weighted by Gasteiger charge is 2.23. The van der Waals surface area contributed by atoms with Crippen LogP contribution in [0, 0.1) is 0 Å².